The standard InChI is InChI=1S/C8H14O/c1-2-3-4-5-6-7-8-9/h3,5,9H,2,6-8H2,1H3. The van der Waals surface area contributed by atoms with Crippen LogP contribution in [0.1, 0.15) is 26.2 Å². The second kappa shape index (κ2) is 7.48. The van der Waals surface area contributed by atoms with E-state index >= 15 is 0 Å². The van der Waals surface area contributed by atoms with Crippen LogP contribution < -0.4 is 0 Å². The molecule has 0 aliphatic rings. The van der Waals surface area contributed by atoms with Crippen LogP contribution in [0.5, 0.6) is 0 Å². The molecule has 0 aliphatic heterocycles. The molecule has 1 nitrogen and oxygen atoms in total. The first kappa shape index (κ1) is 8.48. The topological polar surface area (TPSA) is 20.2 Å². The molecule has 0 heterocycles. The molecule has 1 heteroatoms. The predicted octanol–water partition coefficient (Wildman–Crippen LogP) is 1.88. The van der Waals surface area contributed by atoms with Crippen molar-refractivity contribution in [1.82, 2.24) is 0 Å². The summed E-state index contributed by atoms with van der Waals surface area (Å²) in [4.78, 5) is 0. The molecule has 0 aliphatic carbocycles. The van der Waals surface area contributed by atoms with Gasteiger partial charge in [-0.15, -0.1) is 5.73 Å². The van der Waals surface area contributed by atoms with Gasteiger partial charge in [-0.3, -0.25) is 0 Å². The Morgan fingerprint density at radius 1 is 1.44 bits per heavy atom. The molecule has 52 valence electrons. The number of hydrogen-bond acceptors (Lipinski definition) is 1. The summed E-state index contributed by atoms with van der Waals surface area (Å²) >= 11 is 0. The molecule has 0 rings (SSSR count). The van der Waals surface area contributed by atoms with Gasteiger partial charge in [0, 0.05) is 6.61 Å². The summed E-state index contributed by atoms with van der Waals surface area (Å²) in [5.74, 6) is 0. The maximum absolute atomic E-state index is 8.36. The number of allylic oxidation sites excluding steroid dienone is 1. The lowest BCUT2D eigenvalue weighted by Gasteiger charge is -1.82. The van der Waals surface area contributed by atoms with Crippen molar-refractivity contribution in [3.8, 4) is 0 Å². The molecular formula is C8H14O. The zero-order chi connectivity index (χ0) is 6.95. The summed E-state index contributed by atoms with van der Waals surface area (Å²) in [6.45, 7) is 2.36. The molecule has 0 spiro atoms. The second-order valence-electron chi connectivity index (χ2n) is 1.85. The van der Waals surface area contributed by atoms with Crippen LogP contribution in [-0.2, 0) is 0 Å². The van der Waals surface area contributed by atoms with Crippen molar-refractivity contribution in [2.45, 2.75) is 26.2 Å². The lowest BCUT2D eigenvalue weighted by molar-refractivity contribution is 0.289. The minimum absolute atomic E-state index is 0.282. The Hall–Kier alpha value is -0.520. The molecule has 0 saturated heterocycles. The van der Waals surface area contributed by atoms with Crippen molar-refractivity contribution < 1.29 is 5.11 Å². The van der Waals surface area contributed by atoms with Crippen molar-refractivity contribution >= 4 is 0 Å². The van der Waals surface area contributed by atoms with E-state index in [0.29, 0.717) is 0 Å². The lowest BCUT2D eigenvalue weighted by atomic mass is 10.3. The maximum atomic E-state index is 8.36. The quantitative estimate of drug-likeness (QED) is 0.450. The van der Waals surface area contributed by atoms with E-state index in [1.165, 1.54) is 0 Å². The molecule has 0 radical (unpaired) electrons. The number of hydrogen-bond donors (Lipinski definition) is 1. The lowest BCUT2D eigenvalue weighted by Crippen LogP contribution is -1.77. The Bertz CT molecular complexity index is 99.1. The van der Waals surface area contributed by atoms with Gasteiger partial charge < -0.3 is 5.11 Å². The Morgan fingerprint density at radius 3 is 2.78 bits per heavy atom. The molecule has 0 aromatic carbocycles. The first-order chi connectivity index (χ1) is 4.41. The molecule has 0 unspecified atom stereocenters. The van der Waals surface area contributed by atoms with E-state index in [0.717, 1.165) is 19.3 Å². The van der Waals surface area contributed by atoms with Crippen LogP contribution in [0.15, 0.2) is 17.9 Å². The third-order valence-electron chi connectivity index (χ3n) is 0.946. The van der Waals surface area contributed by atoms with Crippen molar-refractivity contribution in [3.05, 3.63) is 17.9 Å². The van der Waals surface area contributed by atoms with Crippen LogP contribution >= 0.6 is 0 Å². The largest absolute Gasteiger partial charge is 0.396 e. The average molecular weight is 126 g/mol. The van der Waals surface area contributed by atoms with Crippen molar-refractivity contribution in [1.29, 1.82) is 0 Å². The number of rotatable bonds is 4. The summed E-state index contributed by atoms with van der Waals surface area (Å²) in [5.41, 5.74) is 3.01. The highest BCUT2D eigenvalue weighted by molar-refractivity contribution is 4.83. The Labute approximate surface area is 56.7 Å². The van der Waals surface area contributed by atoms with Crippen LogP contribution in [0, 0.1) is 0 Å². The fourth-order valence-electron chi connectivity index (χ4n) is 0.478. The number of aliphatic hydroxyl groups is 1. The molecule has 0 aromatic rings. The monoisotopic (exact) mass is 126 g/mol. The predicted molar refractivity (Wildman–Crippen MR) is 39.3 cm³/mol. The molecule has 0 bridgehead atoms. The molecule has 0 fully saturated rings. The van der Waals surface area contributed by atoms with Gasteiger partial charge in [-0.1, -0.05) is 6.92 Å². The van der Waals surface area contributed by atoms with E-state index < -0.39 is 0 Å². The Balaban J connectivity index is 3.13. The minimum atomic E-state index is 0.282. The van der Waals surface area contributed by atoms with Crippen LogP contribution in [0.4, 0.5) is 0 Å². The Kier molecular flexibility index (Phi) is 7.05. The number of aliphatic hydroxyl groups excluding tert-OH is 1. The normalized spacial score (nSPS) is 8.22. The summed E-state index contributed by atoms with van der Waals surface area (Å²) in [7, 11) is 0. The van der Waals surface area contributed by atoms with Gasteiger partial charge in [0.1, 0.15) is 0 Å². The zero-order valence-electron chi connectivity index (χ0n) is 5.93. The van der Waals surface area contributed by atoms with Gasteiger partial charge in [0.05, 0.1) is 0 Å². The van der Waals surface area contributed by atoms with E-state index in [9.17, 15) is 0 Å². The first-order valence-electron chi connectivity index (χ1n) is 3.42. The van der Waals surface area contributed by atoms with E-state index in [1.54, 1.807) is 0 Å². The first-order valence-corrected chi connectivity index (χ1v) is 3.42. The highest BCUT2D eigenvalue weighted by Gasteiger charge is 1.74. The fourth-order valence-corrected chi connectivity index (χ4v) is 0.478. The van der Waals surface area contributed by atoms with Gasteiger partial charge in [0.15, 0.2) is 0 Å². The van der Waals surface area contributed by atoms with Crippen molar-refractivity contribution in [3.63, 3.8) is 0 Å². The van der Waals surface area contributed by atoms with Gasteiger partial charge >= 0.3 is 0 Å². The summed E-state index contributed by atoms with van der Waals surface area (Å²) in [5, 5.41) is 8.36. The highest BCUT2D eigenvalue weighted by Crippen LogP contribution is 1.87. The number of unbranched alkanes of at least 4 members (excludes halogenated alkanes) is 1. The summed E-state index contributed by atoms with van der Waals surface area (Å²) in [6, 6.07) is 0. The fraction of sp³-hybridized carbons (Fsp3) is 0.625. The van der Waals surface area contributed by atoms with Gasteiger partial charge in [-0.05, 0) is 31.4 Å². The Morgan fingerprint density at radius 2 is 2.22 bits per heavy atom. The van der Waals surface area contributed by atoms with Gasteiger partial charge in [-0.25, -0.2) is 0 Å². The third kappa shape index (κ3) is 7.48. The molecule has 0 atom stereocenters. The zero-order valence-corrected chi connectivity index (χ0v) is 5.93. The van der Waals surface area contributed by atoms with Gasteiger partial charge in [0.2, 0.25) is 0 Å². The van der Waals surface area contributed by atoms with E-state index in [2.05, 4.69) is 12.7 Å². The SMILES string of the molecule is CCC=C=CCCCO. The summed E-state index contributed by atoms with van der Waals surface area (Å²) < 4.78 is 0. The second-order valence-corrected chi connectivity index (χ2v) is 1.85. The van der Waals surface area contributed by atoms with Crippen LogP contribution in [0.3, 0.4) is 0 Å². The third-order valence-corrected chi connectivity index (χ3v) is 0.946. The molecule has 0 amide bonds. The molecule has 0 saturated carbocycles. The van der Waals surface area contributed by atoms with Gasteiger partial charge in [-0.2, -0.15) is 0 Å². The van der Waals surface area contributed by atoms with E-state index in [1.807, 2.05) is 12.2 Å². The van der Waals surface area contributed by atoms with Crippen molar-refractivity contribution in [2.75, 3.05) is 6.61 Å². The summed E-state index contributed by atoms with van der Waals surface area (Å²) in [6.07, 6.45) is 6.77. The van der Waals surface area contributed by atoms with Crippen LogP contribution in [-0.4, -0.2) is 11.7 Å². The van der Waals surface area contributed by atoms with Crippen LogP contribution in [0.25, 0.3) is 0 Å². The molecule has 0 aromatic heterocycles. The molecule has 9 heavy (non-hydrogen) atoms. The highest BCUT2D eigenvalue weighted by atomic mass is 16.2. The molecular weight excluding hydrogens is 112 g/mol. The maximum Gasteiger partial charge on any atom is 0.0434 e. The van der Waals surface area contributed by atoms with Crippen molar-refractivity contribution in [2.24, 2.45) is 0 Å². The average Bonchev–Trinajstić information content (AvgIpc) is 1.89. The van der Waals surface area contributed by atoms with Crippen LogP contribution in [0.2, 0.25) is 0 Å². The smallest absolute Gasteiger partial charge is 0.0434 e. The van der Waals surface area contributed by atoms with E-state index in [-0.39, 0.29) is 6.61 Å². The van der Waals surface area contributed by atoms with Gasteiger partial charge in [0.25, 0.3) is 0 Å². The molecule has 1 N–H and O–H groups in total. The van der Waals surface area contributed by atoms with E-state index in [4.69, 9.17) is 5.11 Å². The minimum Gasteiger partial charge on any atom is -0.396 e.